The van der Waals surface area contributed by atoms with E-state index < -0.39 is 0 Å². The number of fused-ring (bicyclic) bond motifs is 1. The lowest BCUT2D eigenvalue weighted by atomic mass is 9.63. The standard InChI is InChI=1S/C26H38N4O/c1-25(2)10-11-26(3,4)22-19-20(7-8-21(22)25)23-9-12-27-24(28-23)30-16-14-29(15-17-30)13-5-6-18-31/h7-9,12,19,31H,5-6,10-11,13-18H2,1-4H3. The van der Waals surface area contributed by atoms with Gasteiger partial charge in [-0.05, 0) is 66.3 Å². The summed E-state index contributed by atoms with van der Waals surface area (Å²) in [6, 6.07) is 8.99. The third kappa shape index (κ3) is 4.78. The Morgan fingerprint density at radius 3 is 2.32 bits per heavy atom. The fourth-order valence-corrected chi connectivity index (χ4v) is 5.03. The molecule has 1 N–H and O–H groups in total. The Kier molecular flexibility index (Phi) is 6.36. The third-order valence-electron chi connectivity index (χ3n) is 7.33. The van der Waals surface area contributed by atoms with Crippen molar-refractivity contribution < 1.29 is 5.11 Å². The van der Waals surface area contributed by atoms with Crippen molar-refractivity contribution in [3.8, 4) is 11.3 Å². The summed E-state index contributed by atoms with van der Waals surface area (Å²) in [5.74, 6) is 0.838. The minimum atomic E-state index is 0.197. The van der Waals surface area contributed by atoms with Crippen LogP contribution in [0.1, 0.15) is 64.5 Å². The molecule has 1 saturated heterocycles. The van der Waals surface area contributed by atoms with Crippen molar-refractivity contribution in [1.29, 1.82) is 0 Å². The molecule has 1 aromatic carbocycles. The van der Waals surface area contributed by atoms with Crippen molar-refractivity contribution >= 4 is 5.95 Å². The Morgan fingerprint density at radius 2 is 1.61 bits per heavy atom. The van der Waals surface area contributed by atoms with E-state index in [2.05, 4.69) is 60.7 Å². The van der Waals surface area contributed by atoms with Crippen LogP contribution < -0.4 is 4.90 Å². The minimum Gasteiger partial charge on any atom is -0.396 e. The third-order valence-corrected chi connectivity index (χ3v) is 7.33. The number of aromatic nitrogens is 2. The van der Waals surface area contributed by atoms with Gasteiger partial charge in [0, 0.05) is 44.5 Å². The van der Waals surface area contributed by atoms with Crippen molar-refractivity contribution in [3.63, 3.8) is 0 Å². The van der Waals surface area contributed by atoms with Crippen molar-refractivity contribution in [3.05, 3.63) is 41.6 Å². The number of rotatable bonds is 6. The van der Waals surface area contributed by atoms with Gasteiger partial charge in [0.15, 0.2) is 0 Å². The molecule has 168 valence electrons. The Hall–Kier alpha value is -1.98. The maximum Gasteiger partial charge on any atom is 0.225 e. The molecular formula is C26H38N4O. The Morgan fingerprint density at radius 1 is 0.903 bits per heavy atom. The number of unbranched alkanes of at least 4 members (excludes halogenated alkanes) is 1. The topological polar surface area (TPSA) is 52.5 Å². The van der Waals surface area contributed by atoms with Crippen LogP contribution in [-0.4, -0.2) is 59.3 Å². The Labute approximate surface area is 187 Å². The van der Waals surface area contributed by atoms with E-state index in [1.807, 2.05) is 12.3 Å². The van der Waals surface area contributed by atoms with Crippen molar-refractivity contribution in [2.24, 2.45) is 0 Å². The van der Waals surface area contributed by atoms with Crippen LogP contribution >= 0.6 is 0 Å². The first-order valence-corrected chi connectivity index (χ1v) is 11.9. The summed E-state index contributed by atoms with van der Waals surface area (Å²) < 4.78 is 0. The molecule has 1 fully saturated rings. The highest BCUT2D eigenvalue weighted by molar-refractivity contribution is 5.64. The van der Waals surface area contributed by atoms with E-state index in [0.717, 1.165) is 57.2 Å². The minimum absolute atomic E-state index is 0.197. The van der Waals surface area contributed by atoms with Crippen LogP contribution in [-0.2, 0) is 10.8 Å². The van der Waals surface area contributed by atoms with Crippen molar-refractivity contribution in [1.82, 2.24) is 14.9 Å². The second-order valence-electron chi connectivity index (χ2n) is 10.5. The van der Waals surface area contributed by atoms with E-state index in [0.29, 0.717) is 0 Å². The van der Waals surface area contributed by atoms with Crippen LogP contribution in [0.3, 0.4) is 0 Å². The Bertz CT molecular complexity index is 900. The highest BCUT2D eigenvalue weighted by Crippen LogP contribution is 2.46. The monoisotopic (exact) mass is 422 g/mol. The summed E-state index contributed by atoms with van der Waals surface area (Å²) >= 11 is 0. The van der Waals surface area contributed by atoms with E-state index >= 15 is 0 Å². The number of hydrogen-bond donors (Lipinski definition) is 1. The zero-order chi connectivity index (χ0) is 22.1. The second-order valence-corrected chi connectivity index (χ2v) is 10.5. The first kappa shape index (κ1) is 22.2. The van der Waals surface area contributed by atoms with Gasteiger partial charge in [0.2, 0.25) is 5.95 Å². The highest BCUT2D eigenvalue weighted by Gasteiger charge is 2.37. The molecule has 0 radical (unpaired) electrons. The van der Waals surface area contributed by atoms with Gasteiger partial charge >= 0.3 is 0 Å². The first-order chi connectivity index (χ1) is 14.8. The summed E-state index contributed by atoms with van der Waals surface area (Å²) in [6.45, 7) is 14.8. The van der Waals surface area contributed by atoms with Crippen LogP contribution in [0.25, 0.3) is 11.3 Å². The molecule has 1 aromatic heterocycles. The van der Waals surface area contributed by atoms with E-state index in [9.17, 15) is 0 Å². The van der Waals surface area contributed by atoms with Gasteiger partial charge < -0.3 is 10.0 Å². The van der Waals surface area contributed by atoms with E-state index in [1.54, 1.807) is 0 Å². The van der Waals surface area contributed by atoms with Gasteiger partial charge in [0.1, 0.15) is 0 Å². The average molecular weight is 423 g/mol. The number of aliphatic hydroxyl groups excluding tert-OH is 1. The van der Waals surface area contributed by atoms with Gasteiger partial charge in [-0.25, -0.2) is 9.97 Å². The molecule has 0 saturated carbocycles. The number of aliphatic hydroxyl groups is 1. The summed E-state index contributed by atoms with van der Waals surface area (Å²) in [5, 5.41) is 8.98. The lowest BCUT2D eigenvalue weighted by molar-refractivity contribution is 0.232. The fourth-order valence-electron chi connectivity index (χ4n) is 5.03. The van der Waals surface area contributed by atoms with Gasteiger partial charge in [-0.3, -0.25) is 4.90 Å². The molecule has 2 aliphatic rings. The maximum atomic E-state index is 8.98. The number of benzene rings is 1. The second kappa shape index (κ2) is 8.87. The molecule has 0 amide bonds. The highest BCUT2D eigenvalue weighted by atomic mass is 16.2. The lowest BCUT2D eigenvalue weighted by Crippen LogP contribution is -2.47. The van der Waals surface area contributed by atoms with Gasteiger partial charge in [0.25, 0.3) is 0 Å². The molecule has 0 spiro atoms. The van der Waals surface area contributed by atoms with Gasteiger partial charge in [0.05, 0.1) is 5.69 Å². The predicted octanol–water partition coefficient (Wildman–Crippen LogP) is 4.39. The number of anilines is 1. The molecule has 5 heteroatoms. The van der Waals surface area contributed by atoms with Crippen LogP contribution in [0.4, 0.5) is 5.95 Å². The van der Waals surface area contributed by atoms with Crippen LogP contribution in [0, 0.1) is 0 Å². The molecule has 2 heterocycles. The predicted molar refractivity (Wildman–Crippen MR) is 128 cm³/mol. The van der Waals surface area contributed by atoms with E-state index in [4.69, 9.17) is 10.1 Å². The molecule has 2 aromatic rings. The van der Waals surface area contributed by atoms with Crippen LogP contribution in [0.2, 0.25) is 0 Å². The molecule has 31 heavy (non-hydrogen) atoms. The van der Waals surface area contributed by atoms with Gasteiger partial charge in [-0.2, -0.15) is 0 Å². The zero-order valence-corrected chi connectivity index (χ0v) is 19.7. The summed E-state index contributed by atoms with van der Waals surface area (Å²) in [6.07, 6.45) is 6.30. The fraction of sp³-hybridized carbons (Fsp3) is 0.615. The van der Waals surface area contributed by atoms with E-state index in [-0.39, 0.29) is 17.4 Å². The lowest BCUT2D eigenvalue weighted by Gasteiger charge is -2.42. The molecule has 4 rings (SSSR count). The SMILES string of the molecule is CC1(C)CCC(C)(C)c2cc(-c3ccnc(N4CCN(CCCCO)CC4)n3)ccc21. The molecule has 1 aliphatic carbocycles. The normalized spacial score (nSPS) is 20.5. The molecular weight excluding hydrogens is 384 g/mol. The average Bonchev–Trinajstić information content (AvgIpc) is 2.78. The van der Waals surface area contributed by atoms with Gasteiger partial charge in [-0.1, -0.05) is 39.8 Å². The number of piperazine rings is 1. The van der Waals surface area contributed by atoms with Gasteiger partial charge in [-0.15, -0.1) is 0 Å². The zero-order valence-electron chi connectivity index (χ0n) is 19.7. The molecule has 5 nitrogen and oxygen atoms in total. The summed E-state index contributed by atoms with van der Waals surface area (Å²) in [7, 11) is 0. The smallest absolute Gasteiger partial charge is 0.225 e. The van der Waals surface area contributed by atoms with Crippen molar-refractivity contribution in [2.75, 3.05) is 44.2 Å². The molecule has 0 atom stereocenters. The maximum absolute atomic E-state index is 8.98. The molecule has 1 aliphatic heterocycles. The van der Waals surface area contributed by atoms with Crippen LogP contribution in [0.15, 0.2) is 30.5 Å². The largest absolute Gasteiger partial charge is 0.396 e. The van der Waals surface area contributed by atoms with Crippen molar-refractivity contribution in [2.45, 2.75) is 64.2 Å². The summed E-state index contributed by atoms with van der Waals surface area (Å²) in [5.41, 5.74) is 5.59. The van der Waals surface area contributed by atoms with Crippen LogP contribution in [0.5, 0.6) is 0 Å². The number of hydrogen-bond acceptors (Lipinski definition) is 5. The summed E-state index contributed by atoms with van der Waals surface area (Å²) in [4.78, 5) is 14.3. The Balaban J connectivity index is 1.52. The molecule has 0 bridgehead atoms. The quantitative estimate of drug-likeness (QED) is 0.700. The number of nitrogens with zero attached hydrogens (tertiary/aromatic N) is 4. The van der Waals surface area contributed by atoms with E-state index in [1.165, 1.54) is 29.5 Å². The molecule has 0 unspecified atom stereocenters. The first-order valence-electron chi connectivity index (χ1n) is 11.9.